The maximum Gasteiger partial charge on any atom is 0.160 e. The number of rotatable bonds is 5. The van der Waals surface area contributed by atoms with Crippen LogP contribution >= 0.6 is 0 Å². The van der Waals surface area contributed by atoms with E-state index in [0.717, 1.165) is 17.9 Å². The van der Waals surface area contributed by atoms with E-state index in [9.17, 15) is 0 Å². The van der Waals surface area contributed by atoms with Gasteiger partial charge < -0.3 is 9.47 Å². The lowest BCUT2D eigenvalue weighted by molar-refractivity contribution is 0.354. The normalized spacial score (nSPS) is 10.3. The van der Waals surface area contributed by atoms with E-state index >= 15 is 0 Å². The van der Waals surface area contributed by atoms with E-state index in [-0.39, 0.29) is 0 Å². The number of hydrogen-bond acceptors (Lipinski definition) is 2. The van der Waals surface area contributed by atoms with Crippen LogP contribution < -0.4 is 9.47 Å². The van der Waals surface area contributed by atoms with Crippen LogP contribution in [-0.2, 0) is 6.42 Å². The summed E-state index contributed by atoms with van der Waals surface area (Å²) < 4.78 is 10.5. The number of ether oxygens (including phenoxy) is 2. The highest BCUT2D eigenvalue weighted by Crippen LogP contribution is 2.28. The highest BCUT2D eigenvalue weighted by Gasteiger charge is 2.06. The molecule has 1 atom stereocenters. The minimum atomic E-state index is 0.711. The molecule has 0 aromatic heterocycles. The smallest absolute Gasteiger partial charge is 0.160 e. The third kappa shape index (κ3) is 8.63. The van der Waals surface area contributed by atoms with Crippen LogP contribution in [0, 0.1) is 5.92 Å². The first-order valence-electron chi connectivity index (χ1n) is 7.33. The van der Waals surface area contributed by atoms with Crippen LogP contribution in [0.5, 0.6) is 11.5 Å². The summed E-state index contributed by atoms with van der Waals surface area (Å²) in [4.78, 5) is 0. The van der Waals surface area contributed by atoms with E-state index in [1.807, 2.05) is 6.07 Å². The topological polar surface area (TPSA) is 18.5 Å². The molecule has 0 spiro atoms. The molecule has 1 aromatic rings. The molecule has 0 saturated carbocycles. The molecule has 0 N–H and O–H groups in total. The molecule has 0 aliphatic rings. The van der Waals surface area contributed by atoms with Gasteiger partial charge in [-0.25, -0.2) is 0 Å². The summed E-state index contributed by atoms with van der Waals surface area (Å²) >= 11 is 0. The summed E-state index contributed by atoms with van der Waals surface area (Å²) in [6.07, 6.45) is 3.55. The van der Waals surface area contributed by atoms with E-state index in [2.05, 4.69) is 53.0 Å². The summed E-state index contributed by atoms with van der Waals surface area (Å²) in [6.45, 7) is 14.7. The van der Waals surface area contributed by atoms with Gasteiger partial charge in [0.2, 0.25) is 0 Å². The molecular formula is C18H32O2. The van der Waals surface area contributed by atoms with E-state index in [1.165, 1.54) is 18.4 Å². The molecule has 116 valence electrons. The van der Waals surface area contributed by atoms with Crippen LogP contribution in [0.3, 0.4) is 0 Å². The first kappa shape index (κ1) is 20.9. The molecule has 0 aliphatic carbocycles. The third-order valence-electron chi connectivity index (χ3n) is 2.73. The van der Waals surface area contributed by atoms with Gasteiger partial charge in [0.05, 0.1) is 14.2 Å². The van der Waals surface area contributed by atoms with Gasteiger partial charge in [0, 0.05) is 0 Å². The first-order valence-corrected chi connectivity index (χ1v) is 7.33. The second kappa shape index (κ2) is 14.0. The molecule has 0 amide bonds. The van der Waals surface area contributed by atoms with Gasteiger partial charge in [0.15, 0.2) is 11.5 Å². The Morgan fingerprint density at radius 3 is 1.90 bits per heavy atom. The largest absolute Gasteiger partial charge is 0.493 e. The maximum absolute atomic E-state index is 5.27. The summed E-state index contributed by atoms with van der Waals surface area (Å²) in [6, 6.07) is 6.13. The zero-order valence-corrected chi connectivity index (χ0v) is 14.2. The molecule has 0 aliphatic heterocycles. The Bertz CT molecular complexity index is 334. The Morgan fingerprint density at radius 2 is 1.50 bits per heavy atom. The lowest BCUT2D eigenvalue weighted by Gasteiger charge is -2.12. The molecule has 1 aromatic carbocycles. The Labute approximate surface area is 125 Å². The van der Waals surface area contributed by atoms with Gasteiger partial charge in [-0.1, -0.05) is 46.6 Å². The highest BCUT2D eigenvalue weighted by molar-refractivity contribution is 5.42. The van der Waals surface area contributed by atoms with Crippen LogP contribution in [-0.4, -0.2) is 14.2 Å². The monoisotopic (exact) mass is 280 g/mol. The van der Waals surface area contributed by atoms with Crippen molar-refractivity contribution in [1.29, 1.82) is 0 Å². The minimum Gasteiger partial charge on any atom is -0.493 e. The molecule has 0 fully saturated rings. The third-order valence-corrected chi connectivity index (χ3v) is 2.73. The molecule has 0 bridgehead atoms. The van der Waals surface area contributed by atoms with Crippen molar-refractivity contribution < 1.29 is 9.47 Å². The SMILES string of the molecule is C=C.CCC.CCC(C)Cc1ccc(OC)c(OC)c1. The molecule has 1 rings (SSSR count). The quantitative estimate of drug-likeness (QED) is 0.662. The average Bonchev–Trinajstić information content (AvgIpc) is 2.49. The average molecular weight is 280 g/mol. The highest BCUT2D eigenvalue weighted by atomic mass is 16.5. The summed E-state index contributed by atoms with van der Waals surface area (Å²) in [7, 11) is 3.33. The number of methoxy groups -OCH3 is 2. The van der Waals surface area contributed by atoms with Crippen LogP contribution in [0.4, 0.5) is 0 Å². The number of benzene rings is 1. The van der Waals surface area contributed by atoms with Gasteiger partial charge in [-0.2, -0.15) is 0 Å². The summed E-state index contributed by atoms with van der Waals surface area (Å²) in [5.74, 6) is 2.33. The van der Waals surface area contributed by atoms with Crippen molar-refractivity contribution in [3.63, 3.8) is 0 Å². The lowest BCUT2D eigenvalue weighted by atomic mass is 9.99. The Balaban J connectivity index is 0. The van der Waals surface area contributed by atoms with Crippen LogP contribution in [0.2, 0.25) is 0 Å². The fourth-order valence-electron chi connectivity index (χ4n) is 1.55. The lowest BCUT2D eigenvalue weighted by Crippen LogP contribution is -1.99. The standard InChI is InChI=1S/C13H20O2.C3H8.C2H4/c1-5-10(2)8-11-6-7-12(14-3)13(9-11)15-4;1-3-2;1-2/h6-7,9-10H,5,8H2,1-4H3;3H2,1-2H3;1-2H2. The molecule has 2 nitrogen and oxygen atoms in total. The van der Waals surface area contributed by atoms with Crippen LogP contribution in [0.25, 0.3) is 0 Å². The van der Waals surface area contributed by atoms with Gasteiger partial charge in [-0.3, -0.25) is 0 Å². The van der Waals surface area contributed by atoms with Crippen molar-refractivity contribution >= 4 is 0 Å². The molecule has 0 saturated heterocycles. The zero-order chi connectivity index (χ0) is 16.0. The molecule has 0 heterocycles. The fourth-order valence-corrected chi connectivity index (χ4v) is 1.55. The maximum atomic E-state index is 5.27. The second-order valence-corrected chi connectivity index (χ2v) is 4.61. The molecule has 0 radical (unpaired) electrons. The van der Waals surface area contributed by atoms with Crippen molar-refractivity contribution in [2.45, 2.75) is 47.0 Å². The summed E-state index contributed by atoms with van der Waals surface area (Å²) in [5.41, 5.74) is 1.31. The van der Waals surface area contributed by atoms with Gasteiger partial charge >= 0.3 is 0 Å². The second-order valence-electron chi connectivity index (χ2n) is 4.61. The minimum absolute atomic E-state index is 0.711. The summed E-state index contributed by atoms with van der Waals surface area (Å²) in [5, 5.41) is 0. The predicted octanol–water partition coefficient (Wildman–Crippen LogP) is 5.51. The van der Waals surface area contributed by atoms with Crippen molar-refractivity contribution in [3.8, 4) is 11.5 Å². The van der Waals surface area contributed by atoms with Crippen molar-refractivity contribution in [1.82, 2.24) is 0 Å². The molecule has 20 heavy (non-hydrogen) atoms. The van der Waals surface area contributed by atoms with E-state index in [0.29, 0.717) is 5.92 Å². The Hall–Kier alpha value is -1.44. The molecule has 1 unspecified atom stereocenters. The van der Waals surface area contributed by atoms with E-state index < -0.39 is 0 Å². The van der Waals surface area contributed by atoms with Crippen LogP contribution in [0.1, 0.15) is 46.1 Å². The Morgan fingerprint density at radius 1 is 1.00 bits per heavy atom. The first-order chi connectivity index (χ1) is 9.62. The van der Waals surface area contributed by atoms with E-state index in [4.69, 9.17) is 9.47 Å². The van der Waals surface area contributed by atoms with Gasteiger partial charge in [0.1, 0.15) is 0 Å². The Kier molecular flexibility index (Phi) is 14.6. The fraction of sp³-hybridized carbons (Fsp3) is 0.556. The van der Waals surface area contributed by atoms with Gasteiger partial charge in [-0.15, -0.1) is 13.2 Å². The van der Waals surface area contributed by atoms with Crippen molar-refractivity contribution in [2.75, 3.05) is 14.2 Å². The van der Waals surface area contributed by atoms with Crippen molar-refractivity contribution in [3.05, 3.63) is 36.9 Å². The molecule has 2 heteroatoms. The van der Waals surface area contributed by atoms with Crippen molar-refractivity contribution in [2.24, 2.45) is 5.92 Å². The van der Waals surface area contributed by atoms with Gasteiger partial charge in [0.25, 0.3) is 0 Å². The van der Waals surface area contributed by atoms with Crippen LogP contribution in [0.15, 0.2) is 31.4 Å². The van der Waals surface area contributed by atoms with Gasteiger partial charge in [-0.05, 0) is 30.0 Å². The zero-order valence-electron chi connectivity index (χ0n) is 14.2. The van der Waals surface area contributed by atoms with E-state index in [1.54, 1.807) is 14.2 Å². The number of hydrogen-bond donors (Lipinski definition) is 0. The molecular weight excluding hydrogens is 248 g/mol. The predicted molar refractivity (Wildman–Crippen MR) is 89.9 cm³/mol.